The summed E-state index contributed by atoms with van der Waals surface area (Å²) in [5, 5.41) is 33.8. The number of nitrogens with zero attached hydrogens (tertiary/aromatic N) is 5. The minimum Gasteiger partial charge on any atom is -0.308 e. The molecule has 0 amide bonds. The van der Waals surface area contributed by atoms with Crippen LogP contribution in [-0.4, -0.2) is 9.13 Å². The Hall–Kier alpha value is -8.38. The summed E-state index contributed by atoms with van der Waals surface area (Å²) >= 11 is 0. The lowest BCUT2D eigenvalue weighted by molar-refractivity contribution is -0.137. The van der Waals surface area contributed by atoms with Gasteiger partial charge in [-0.2, -0.15) is 29.0 Å². The molecule has 0 saturated carbocycles. The molecule has 0 aliphatic heterocycles. The number of aromatic nitrogens is 2. The van der Waals surface area contributed by atoms with Crippen LogP contribution in [0.5, 0.6) is 0 Å². The Kier molecular flexibility index (Phi) is 8.35. The molecule has 8 aromatic carbocycles. The van der Waals surface area contributed by atoms with E-state index in [9.17, 15) is 29.0 Å². The van der Waals surface area contributed by atoms with Crippen LogP contribution < -0.4 is 0 Å². The maximum absolute atomic E-state index is 14.6. The lowest BCUT2D eigenvalue weighted by atomic mass is 9.96. The van der Waals surface area contributed by atoms with Crippen molar-refractivity contribution < 1.29 is 13.2 Å². The maximum Gasteiger partial charge on any atom is 0.416 e. The predicted octanol–water partition coefficient (Wildman–Crippen LogP) is 13.5. The molecule has 0 aliphatic carbocycles. The standard InChI is InChI=1S/C52H28F3N5/c53-52(54,55)40-13-7-12-39(26-40)51-49(59-45-16-3-1-14-41(45)43-20-18-37(27-47(43)59)35-10-5-8-32(22-35)29-56)24-34(31-58)25-50(51)60-46-17-4-2-15-42(46)44-21-19-38(28-48(44)60)36-11-6-9-33(23-36)30-57/h1-28H. The van der Waals surface area contributed by atoms with Gasteiger partial charge in [0.05, 0.1) is 73.9 Å². The molecule has 2 heterocycles. The van der Waals surface area contributed by atoms with Gasteiger partial charge < -0.3 is 9.13 Å². The van der Waals surface area contributed by atoms with E-state index in [1.54, 1.807) is 30.3 Å². The quantitative estimate of drug-likeness (QED) is 0.174. The van der Waals surface area contributed by atoms with Gasteiger partial charge in [-0.25, -0.2) is 0 Å². The number of halogens is 3. The normalized spacial score (nSPS) is 11.5. The van der Waals surface area contributed by atoms with E-state index in [4.69, 9.17) is 0 Å². The highest BCUT2D eigenvalue weighted by atomic mass is 19.4. The number of benzene rings is 8. The fraction of sp³-hybridized carbons (Fsp3) is 0.0192. The van der Waals surface area contributed by atoms with Crippen molar-refractivity contribution in [3.63, 3.8) is 0 Å². The summed E-state index contributed by atoms with van der Waals surface area (Å²) in [5.41, 5.74) is 8.85. The Morgan fingerprint density at radius 3 is 1.28 bits per heavy atom. The molecule has 0 aliphatic rings. The van der Waals surface area contributed by atoms with Crippen LogP contribution in [0.15, 0.2) is 170 Å². The number of nitriles is 3. The first kappa shape index (κ1) is 36.0. The molecule has 8 heteroatoms. The van der Waals surface area contributed by atoms with E-state index >= 15 is 0 Å². The van der Waals surface area contributed by atoms with Crippen LogP contribution in [-0.2, 0) is 6.18 Å². The second-order valence-corrected chi connectivity index (χ2v) is 14.6. The molecular formula is C52H28F3N5. The minimum absolute atomic E-state index is 0.309. The Morgan fingerprint density at radius 1 is 0.367 bits per heavy atom. The summed E-state index contributed by atoms with van der Waals surface area (Å²) in [5.74, 6) is 0. The number of hydrogen-bond acceptors (Lipinski definition) is 3. The third kappa shape index (κ3) is 5.85. The van der Waals surface area contributed by atoms with Gasteiger partial charge in [0.2, 0.25) is 0 Å². The molecule has 0 bridgehead atoms. The topological polar surface area (TPSA) is 81.2 Å². The Bertz CT molecular complexity index is 3330. The molecule has 0 unspecified atom stereocenters. The van der Waals surface area contributed by atoms with Gasteiger partial charge >= 0.3 is 6.18 Å². The van der Waals surface area contributed by atoms with Gasteiger partial charge in [0.15, 0.2) is 0 Å². The third-order valence-electron chi connectivity index (χ3n) is 11.2. The molecule has 0 spiro atoms. The van der Waals surface area contributed by atoms with E-state index in [0.29, 0.717) is 39.2 Å². The zero-order valence-electron chi connectivity index (χ0n) is 31.5. The first-order valence-electron chi connectivity index (χ1n) is 19.1. The monoisotopic (exact) mass is 779 g/mol. The average Bonchev–Trinajstić information content (AvgIpc) is 3.80. The van der Waals surface area contributed by atoms with Crippen LogP contribution in [0.25, 0.3) is 88.4 Å². The number of para-hydroxylation sites is 2. The number of alkyl halides is 3. The van der Waals surface area contributed by atoms with Crippen molar-refractivity contribution in [1.29, 1.82) is 15.8 Å². The molecule has 10 rings (SSSR count). The molecular weight excluding hydrogens is 752 g/mol. The van der Waals surface area contributed by atoms with Crippen LogP contribution >= 0.6 is 0 Å². The van der Waals surface area contributed by atoms with Crippen molar-refractivity contribution in [2.75, 3.05) is 0 Å². The molecule has 5 nitrogen and oxygen atoms in total. The summed E-state index contributed by atoms with van der Waals surface area (Å²) < 4.78 is 47.9. The molecule has 0 fully saturated rings. The lowest BCUT2D eigenvalue weighted by Crippen LogP contribution is -2.07. The van der Waals surface area contributed by atoms with E-state index in [2.05, 4.69) is 18.2 Å². The van der Waals surface area contributed by atoms with Gasteiger partial charge in [-0.15, -0.1) is 0 Å². The predicted molar refractivity (Wildman–Crippen MR) is 231 cm³/mol. The minimum atomic E-state index is -4.62. The SMILES string of the molecule is N#Cc1cccc(-c2ccc3c4ccccc4n(-c4cc(C#N)cc(-n5c6ccccc6c6ccc(-c7cccc(C#N)c7)cc65)c4-c4cccc(C(F)(F)F)c4)c3c2)c1. The second kappa shape index (κ2) is 13.9. The summed E-state index contributed by atoms with van der Waals surface area (Å²) in [6.45, 7) is 0. The van der Waals surface area contributed by atoms with E-state index < -0.39 is 11.7 Å². The summed E-state index contributed by atoms with van der Waals surface area (Å²) in [6, 6.07) is 58.2. The van der Waals surface area contributed by atoms with Gasteiger partial charge in [-0.1, -0.05) is 97.1 Å². The Balaban J connectivity index is 1.36. The molecule has 60 heavy (non-hydrogen) atoms. The highest BCUT2D eigenvalue weighted by molar-refractivity contribution is 6.13. The largest absolute Gasteiger partial charge is 0.416 e. The molecule has 282 valence electrons. The van der Waals surface area contributed by atoms with Crippen molar-refractivity contribution in [2.45, 2.75) is 6.18 Å². The first-order chi connectivity index (χ1) is 29.2. The van der Waals surface area contributed by atoms with Crippen LogP contribution in [0.1, 0.15) is 22.3 Å². The fourth-order valence-corrected chi connectivity index (χ4v) is 8.53. The molecule has 0 saturated heterocycles. The van der Waals surface area contributed by atoms with Gasteiger partial charge in [0, 0.05) is 27.1 Å². The van der Waals surface area contributed by atoms with Crippen LogP contribution in [0, 0.1) is 34.0 Å². The molecule has 0 atom stereocenters. The highest BCUT2D eigenvalue weighted by Crippen LogP contribution is 2.45. The van der Waals surface area contributed by atoms with Crippen molar-refractivity contribution in [2.24, 2.45) is 0 Å². The van der Waals surface area contributed by atoms with Gasteiger partial charge in [0.1, 0.15) is 0 Å². The third-order valence-corrected chi connectivity index (χ3v) is 11.2. The molecule has 10 aromatic rings. The van der Waals surface area contributed by atoms with E-state index in [0.717, 1.165) is 71.9 Å². The van der Waals surface area contributed by atoms with E-state index in [-0.39, 0.29) is 0 Å². The summed E-state index contributed by atoms with van der Waals surface area (Å²) in [7, 11) is 0. The lowest BCUT2D eigenvalue weighted by Gasteiger charge is -2.22. The van der Waals surface area contributed by atoms with Crippen LogP contribution in [0.3, 0.4) is 0 Å². The van der Waals surface area contributed by atoms with Crippen molar-refractivity contribution in [3.05, 3.63) is 192 Å². The van der Waals surface area contributed by atoms with Crippen molar-refractivity contribution >= 4 is 43.6 Å². The van der Waals surface area contributed by atoms with Gasteiger partial charge in [0.25, 0.3) is 0 Å². The number of rotatable bonds is 5. The number of fused-ring (bicyclic) bond motifs is 6. The molecule has 2 aromatic heterocycles. The average molecular weight is 780 g/mol. The fourth-order valence-electron chi connectivity index (χ4n) is 8.53. The van der Waals surface area contributed by atoms with Crippen LogP contribution in [0.4, 0.5) is 13.2 Å². The van der Waals surface area contributed by atoms with Gasteiger partial charge in [-0.3, -0.25) is 0 Å². The molecule has 0 radical (unpaired) electrons. The zero-order valence-corrected chi connectivity index (χ0v) is 31.5. The summed E-state index contributed by atoms with van der Waals surface area (Å²) in [4.78, 5) is 0. The Morgan fingerprint density at radius 2 is 0.800 bits per heavy atom. The van der Waals surface area contributed by atoms with Crippen molar-refractivity contribution in [1.82, 2.24) is 9.13 Å². The molecule has 0 N–H and O–H groups in total. The summed E-state index contributed by atoms with van der Waals surface area (Å²) in [6.07, 6.45) is -4.62. The second-order valence-electron chi connectivity index (χ2n) is 14.6. The maximum atomic E-state index is 14.6. The first-order valence-corrected chi connectivity index (χ1v) is 19.1. The van der Waals surface area contributed by atoms with Crippen LogP contribution in [0.2, 0.25) is 0 Å². The Labute approximate surface area is 341 Å². The van der Waals surface area contributed by atoms with E-state index in [1.807, 2.05) is 130 Å². The number of hydrogen-bond donors (Lipinski definition) is 0. The van der Waals surface area contributed by atoms with Gasteiger partial charge in [-0.05, 0) is 101 Å². The smallest absolute Gasteiger partial charge is 0.308 e. The van der Waals surface area contributed by atoms with Crippen molar-refractivity contribution in [3.8, 4) is 63.0 Å². The highest BCUT2D eigenvalue weighted by Gasteiger charge is 2.32. The zero-order chi connectivity index (χ0) is 41.1. The van der Waals surface area contributed by atoms with E-state index in [1.165, 1.54) is 12.1 Å².